The third kappa shape index (κ3) is 7.01. The molecule has 10 aromatic carbocycles. The molecule has 0 aliphatic heterocycles. The van der Waals surface area contributed by atoms with E-state index in [0.717, 1.165) is 89.1 Å². The fourth-order valence-electron chi connectivity index (χ4n) is 10.3. The number of hydrogen-bond acceptors (Lipinski definition) is 3. The molecular formula is C62H40F3NO2. The van der Waals surface area contributed by atoms with Gasteiger partial charge in [-0.15, -0.1) is 13.2 Å². The third-order valence-electron chi connectivity index (χ3n) is 13.3. The van der Waals surface area contributed by atoms with Crippen LogP contribution in [0.3, 0.4) is 0 Å². The van der Waals surface area contributed by atoms with Crippen LogP contribution in [0.5, 0.6) is 5.75 Å². The van der Waals surface area contributed by atoms with Crippen LogP contribution in [-0.4, -0.2) is 6.36 Å². The van der Waals surface area contributed by atoms with Crippen molar-refractivity contribution in [3.8, 4) is 50.3 Å². The number of rotatable bonds is 9. The minimum absolute atomic E-state index is 0.260. The normalized spacial score (nSPS) is 14.2. The van der Waals surface area contributed by atoms with E-state index in [-0.39, 0.29) is 5.75 Å². The molecular weight excluding hydrogens is 848 g/mol. The highest BCUT2D eigenvalue weighted by molar-refractivity contribution is 6.09. The Hall–Kier alpha value is -8.61. The van der Waals surface area contributed by atoms with E-state index in [2.05, 4.69) is 179 Å². The molecule has 1 atom stereocenters. The van der Waals surface area contributed by atoms with E-state index in [0.29, 0.717) is 0 Å². The molecule has 0 fully saturated rings. The Labute approximate surface area is 391 Å². The highest BCUT2D eigenvalue weighted by Crippen LogP contribution is 2.57. The van der Waals surface area contributed by atoms with E-state index in [1.165, 1.54) is 28.8 Å². The highest BCUT2D eigenvalue weighted by Gasteiger charge is 2.46. The second-order valence-corrected chi connectivity index (χ2v) is 17.1. The highest BCUT2D eigenvalue weighted by atomic mass is 19.4. The van der Waals surface area contributed by atoms with Gasteiger partial charge in [-0.25, -0.2) is 0 Å². The monoisotopic (exact) mass is 887 g/mol. The summed E-state index contributed by atoms with van der Waals surface area (Å²) in [5.74, 6) is -0.260. The number of alkyl halides is 3. The van der Waals surface area contributed by atoms with E-state index in [1.807, 2.05) is 48.5 Å². The minimum atomic E-state index is -4.76. The first-order chi connectivity index (χ1) is 33.3. The summed E-state index contributed by atoms with van der Waals surface area (Å²) in [4.78, 5) is 2.27. The van der Waals surface area contributed by atoms with Gasteiger partial charge in [0.15, 0.2) is 0 Å². The summed E-state index contributed by atoms with van der Waals surface area (Å²) in [5.41, 5.74) is 16.9. The van der Waals surface area contributed by atoms with Crippen LogP contribution in [0, 0.1) is 0 Å². The van der Waals surface area contributed by atoms with Crippen LogP contribution >= 0.6 is 0 Å². The molecule has 1 aliphatic rings. The number of halogens is 3. The van der Waals surface area contributed by atoms with Crippen molar-refractivity contribution in [1.29, 1.82) is 0 Å². The number of hydrogen-bond donors (Lipinski definition) is 0. The van der Waals surface area contributed by atoms with Gasteiger partial charge in [0, 0.05) is 33.4 Å². The van der Waals surface area contributed by atoms with Crippen molar-refractivity contribution in [3.05, 3.63) is 265 Å². The molecule has 3 nitrogen and oxygen atoms in total. The average molecular weight is 888 g/mol. The van der Waals surface area contributed by atoms with Gasteiger partial charge in [0.25, 0.3) is 0 Å². The molecule has 1 unspecified atom stereocenters. The zero-order valence-electron chi connectivity index (χ0n) is 36.5. The molecule has 0 amide bonds. The third-order valence-corrected chi connectivity index (χ3v) is 13.3. The molecule has 0 N–H and O–H groups in total. The topological polar surface area (TPSA) is 25.6 Å². The van der Waals surface area contributed by atoms with Crippen LogP contribution in [-0.2, 0) is 5.41 Å². The van der Waals surface area contributed by atoms with E-state index < -0.39 is 11.8 Å². The van der Waals surface area contributed by atoms with Gasteiger partial charge >= 0.3 is 6.36 Å². The molecule has 1 aliphatic carbocycles. The van der Waals surface area contributed by atoms with Gasteiger partial charge in [0.05, 0.1) is 5.41 Å². The first kappa shape index (κ1) is 40.9. The van der Waals surface area contributed by atoms with Gasteiger partial charge in [-0.3, -0.25) is 0 Å². The molecule has 68 heavy (non-hydrogen) atoms. The van der Waals surface area contributed by atoms with Crippen molar-refractivity contribution >= 4 is 39.0 Å². The Morgan fingerprint density at radius 1 is 0.382 bits per heavy atom. The zero-order chi connectivity index (χ0) is 45.8. The summed E-state index contributed by atoms with van der Waals surface area (Å²) in [6, 6.07) is 83.0. The average Bonchev–Trinajstić information content (AvgIpc) is 3.91. The van der Waals surface area contributed by atoms with Gasteiger partial charge in [0.2, 0.25) is 0 Å². The Kier molecular flexibility index (Phi) is 9.84. The second kappa shape index (κ2) is 16.4. The van der Waals surface area contributed by atoms with Crippen LogP contribution < -0.4 is 9.64 Å². The Morgan fingerprint density at radius 2 is 0.882 bits per heavy atom. The van der Waals surface area contributed by atoms with E-state index in [1.54, 1.807) is 12.1 Å². The van der Waals surface area contributed by atoms with Crippen molar-refractivity contribution in [2.24, 2.45) is 0 Å². The molecule has 1 aromatic heterocycles. The lowest BCUT2D eigenvalue weighted by molar-refractivity contribution is -0.274. The van der Waals surface area contributed by atoms with Crippen LogP contribution in [0.2, 0.25) is 0 Å². The van der Waals surface area contributed by atoms with E-state index >= 15 is 0 Å². The maximum Gasteiger partial charge on any atom is 0.573 e. The van der Waals surface area contributed by atoms with Crippen LogP contribution in [0.1, 0.15) is 22.3 Å². The minimum Gasteiger partial charge on any atom is -0.455 e. The van der Waals surface area contributed by atoms with Crippen molar-refractivity contribution in [3.63, 3.8) is 0 Å². The maximum atomic E-state index is 12.9. The molecule has 11 aromatic rings. The lowest BCUT2D eigenvalue weighted by Crippen LogP contribution is -2.28. The van der Waals surface area contributed by atoms with E-state index in [4.69, 9.17) is 4.42 Å². The van der Waals surface area contributed by atoms with Crippen molar-refractivity contribution in [2.75, 3.05) is 4.90 Å². The second-order valence-electron chi connectivity index (χ2n) is 17.1. The quantitative estimate of drug-likeness (QED) is 0.144. The molecule has 12 rings (SSSR count). The standard InChI is InChI=1S/C62H40F3NO2/c63-62(64,65)68-51-37-28-44(29-38-51)43-26-34-49(35-27-43)66(48-32-24-42(25-33-48)41-12-3-1-4-13-41)50-36-39-54-53-16-7-9-20-57(53)61(58(54)40-50,46-14-5-2-6-15-46)47-30-22-45(23-31-47)52-18-11-19-56-55-17-8-10-21-59(55)67-60(52)56/h1-40H. The molecule has 0 bridgehead atoms. The predicted octanol–water partition coefficient (Wildman–Crippen LogP) is 17.3. The number of para-hydroxylation sites is 2. The van der Waals surface area contributed by atoms with Crippen LogP contribution in [0.4, 0.5) is 30.2 Å². The molecule has 1 heterocycles. The lowest BCUT2D eigenvalue weighted by atomic mass is 9.67. The fourth-order valence-corrected chi connectivity index (χ4v) is 10.3. The van der Waals surface area contributed by atoms with E-state index in [9.17, 15) is 13.2 Å². The SMILES string of the molecule is FC(F)(F)Oc1ccc(-c2ccc(N(c3ccc(-c4ccccc4)cc3)c3ccc4c(c3)C(c3ccccc3)(c3ccc(-c5cccc6c5oc5ccccc56)cc3)c3ccccc3-4)cc2)cc1. The summed E-state index contributed by atoms with van der Waals surface area (Å²) in [5, 5.41) is 2.20. The van der Waals surface area contributed by atoms with Gasteiger partial charge in [0.1, 0.15) is 16.9 Å². The zero-order valence-corrected chi connectivity index (χ0v) is 36.5. The van der Waals surface area contributed by atoms with Gasteiger partial charge in [-0.05, 0) is 116 Å². The number of nitrogens with zero attached hydrogens (tertiary/aromatic N) is 1. The lowest BCUT2D eigenvalue weighted by Gasteiger charge is -2.35. The largest absolute Gasteiger partial charge is 0.573 e. The predicted molar refractivity (Wildman–Crippen MR) is 269 cm³/mol. The molecule has 0 saturated carbocycles. The Balaban J connectivity index is 1.01. The Bertz CT molecular complexity index is 3600. The first-order valence-corrected chi connectivity index (χ1v) is 22.5. The summed E-state index contributed by atoms with van der Waals surface area (Å²) >= 11 is 0. The fraction of sp³-hybridized carbons (Fsp3) is 0.0323. The number of ether oxygens (including phenoxy) is 1. The van der Waals surface area contributed by atoms with Crippen molar-refractivity contribution in [2.45, 2.75) is 11.8 Å². The van der Waals surface area contributed by atoms with Crippen molar-refractivity contribution in [1.82, 2.24) is 0 Å². The molecule has 0 radical (unpaired) electrons. The molecule has 0 spiro atoms. The number of furan rings is 1. The molecule has 326 valence electrons. The van der Waals surface area contributed by atoms with Gasteiger partial charge in [-0.2, -0.15) is 0 Å². The molecule has 6 heteroatoms. The summed E-state index contributed by atoms with van der Waals surface area (Å²) in [7, 11) is 0. The summed E-state index contributed by atoms with van der Waals surface area (Å²) in [6.45, 7) is 0. The number of benzene rings is 10. The maximum absolute atomic E-state index is 12.9. The first-order valence-electron chi connectivity index (χ1n) is 22.5. The van der Waals surface area contributed by atoms with Crippen molar-refractivity contribution < 1.29 is 22.3 Å². The summed E-state index contributed by atoms with van der Waals surface area (Å²) < 4.78 is 49.5. The molecule has 0 saturated heterocycles. The Morgan fingerprint density at radius 3 is 1.56 bits per heavy atom. The summed E-state index contributed by atoms with van der Waals surface area (Å²) in [6.07, 6.45) is -4.76. The van der Waals surface area contributed by atoms with Crippen LogP contribution in [0.15, 0.2) is 247 Å². The number of anilines is 3. The number of fused-ring (bicyclic) bond motifs is 6. The van der Waals surface area contributed by atoms with Crippen LogP contribution in [0.25, 0.3) is 66.4 Å². The van der Waals surface area contributed by atoms with Gasteiger partial charge < -0.3 is 14.1 Å². The van der Waals surface area contributed by atoms with Gasteiger partial charge in [-0.1, -0.05) is 188 Å². The smallest absolute Gasteiger partial charge is 0.455 e.